The zero-order valence-electron chi connectivity index (χ0n) is 14.0. The number of nitrogens with one attached hydrogen (secondary N) is 1. The van der Waals surface area contributed by atoms with Gasteiger partial charge in [0.25, 0.3) is 0 Å². The standard InChI is InChI=1S/C19H25N3O.ClH/c1-2-4-16(5-3-1)19-21-18(14-23-19)13-22-10-8-17(9-11-22)20-12-15-6-7-15;/h1-5,14-15,17,20H,6-13H2;1H. The van der Waals surface area contributed by atoms with Gasteiger partial charge in [0.15, 0.2) is 0 Å². The summed E-state index contributed by atoms with van der Waals surface area (Å²) >= 11 is 0. The minimum absolute atomic E-state index is 0. The molecule has 1 aromatic carbocycles. The Labute approximate surface area is 150 Å². The second-order valence-corrected chi connectivity index (χ2v) is 6.91. The van der Waals surface area contributed by atoms with E-state index < -0.39 is 0 Å². The lowest BCUT2D eigenvalue weighted by molar-refractivity contribution is 0.188. The van der Waals surface area contributed by atoms with E-state index in [0.717, 1.165) is 42.7 Å². The molecule has 1 saturated carbocycles. The molecule has 1 aromatic heterocycles. The van der Waals surface area contributed by atoms with Gasteiger partial charge < -0.3 is 9.73 Å². The van der Waals surface area contributed by atoms with Gasteiger partial charge in [-0.25, -0.2) is 4.98 Å². The quantitative estimate of drug-likeness (QED) is 0.864. The van der Waals surface area contributed by atoms with E-state index in [-0.39, 0.29) is 12.4 Å². The fourth-order valence-electron chi connectivity index (χ4n) is 3.27. The average Bonchev–Trinajstić information content (AvgIpc) is 3.32. The fraction of sp³-hybridized carbons (Fsp3) is 0.526. The number of halogens is 1. The Morgan fingerprint density at radius 1 is 1.08 bits per heavy atom. The first-order chi connectivity index (χ1) is 11.4. The summed E-state index contributed by atoms with van der Waals surface area (Å²) in [6.07, 6.45) is 7.16. The number of rotatable bonds is 6. The molecule has 0 bridgehead atoms. The first-order valence-corrected chi connectivity index (χ1v) is 8.82. The monoisotopic (exact) mass is 347 g/mol. The Balaban J connectivity index is 0.00000169. The molecule has 2 aromatic rings. The van der Waals surface area contributed by atoms with Gasteiger partial charge in [0, 0.05) is 31.2 Å². The van der Waals surface area contributed by atoms with Crippen molar-refractivity contribution in [1.29, 1.82) is 0 Å². The van der Waals surface area contributed by atoms with Gasteiger partial charge in [-0.15, -0.1) is 12.4 Å². The molecule has 4 rings (SSSR count). The van der Waals surface area contributed by atoms with Gasteiger partial charge in [-0.1, -0.05) is 18.2 Å². The molecule has 0 spiro atoms. The Hall–Kier alpha value is -1.36. The lowest BCUT2D eigenvalue weighted by atomic mass is 10.0. The first kappa shape index (κ1) is 17.5. The van der Waals surface area contributed by atoms with Crippen molar-refractivity contribution in [3.63, 3.8) is 0 Å². The van der Waals surface area contributed by atoms with Gasteiger partial charge in [-0.3, -0.25) is 4.90 Å². The summed E-state index contributed by atoms with van der Waals surface area (Å²) in [4.78, 5) is 7.13. The van der Waals surface area contributed by atoms with Gasteiger partial charge in [0.2, 0.25) is 5.89 Å². The smallest absolute Gasteiger partial charge is 0.226 e. The maximum absolute atomic E-state index is 5.64. The van der Waals surface area contributed by atoms with E-state index in [1.54, 1.807) is 6.26 Å². The molecule has 1 aliphatic carbocycles. The minimum Gasteiger partial charge on any atom is -0.444 e. The molecule has 5 heteroatoms. The predicted octanol–water partition coefficient (Wildman–Crippen LogP) is 3.73. The molecule has 0 atom stereocenters. The van der Waals surface area contributed by atoms with Crippen LogP contribution in [0.2, 0.25) is 0 Å². The van der Waals surface area contributed by atoms with Gasteiger partial charge in [0.05, 0.1) is 5.69 Å². The van der Waals surface area contributed by atoms with Crippen molar-refractivity contribution in [3.8, 4) is 11.5 Å². The number of benzene rings is 1. The second kappa shape index (κ2) is 8.15. The number of oxazole rings is 1. The van der Waals surface area contributed by atoms with Crippen molar-refractivity contribution in [3.05, 3.63) is 42.3 Å². The lowest BCUT2D eigenvalue weighted by Crippen LogP contribution is -2.42. The van der Waals surface area contributed by atoms with Crippen molar-refractivity contribution < 1.29 is 4.42 Å². The SMILES string of the molecule is Cl.c1ccc(-c2nc(CN3CCC(NCC4CC4)CC3)co2)cc1. The van der Waals surface area contributed by atoms with Crippen LogP contribution in [0.15, 0.2) is 41.0 Å². The van der Waals surface area contributed by atoms with Crippen molar-refractivity contribution >= 4 is 12.4 Å². The summed E-state index contributed by atoms with van der Waals surface area (Å²) in [6.45, 7) is 4.42. The molecular formula is C19H26ClN3O. The van der Waals surface area contributed by atoms with Crippen LogP contribution in [0.5, 0.6) is 0 Å². The molecule has 1 saturated heterocycles. The van der Waals surface area contributed by atoms with E-state index in [0.29, 0.717) is 6.04 Å². The molecule has 2 fully saturated rings. The topological polar surface area (TPSA) is 41.3 Å². The van der Waals surface area contributed by atoms with Gasteiger partial charge in [-0.2, -0.15) is 0 Å². The maximum atomic E-state index is 5.64. The largest absolute Gasteiger partial charge is 0.444 e. The molecule has 0 amide bonds. The first-order valence-electron chi connectivity index (χ1n) is 8.82. The van der Waals surface area contributed by atoms with Gasteiger partial charge >= 0.3 is 0 Å². The molecule has 0 radical (unpaired) electrons. The van der Waals surface area contributed by atoms with Crippen molar-refractivity contribution in [2.75, 3.05) is 19.6 Å². The predicted molar refractivity (Wildman–Crippen MR) is 98.2 cm³/mol. The Morgan fingerprint density at radius 3 is 2.54 bits per heavy atom. The summed E-state index contributed by atoms with van der Waals surface area (Å²) in [7, 11) is 0. The summed E-state index contributed by atoms with van der Waals surface area (Å²) in [6, 6.07) is 10.8. The molecule has 130 valence electrons. The van der Waals surface area contributed by atoms with E-state index in [1.807, 2.05) is 30.3 Å². The van der Waals surface area contributed by atoms with Crippen molar-refractivity contribution in [1.82, 2.24) is 15.2 Å². The van der Waals surface area contributed by atoms with Crippen LogP contribution in [-0.2, 0) is 6.54 Å². The van der Waals surface area contributed by atoms with Crippen LogP contribution >= 0.6 is 12.4 Å². The van der Waals surface area contributed by atoms with Gasteiger partial charge in [-0.05, 0) is 50.3 Å². The zero-order chi connectivity index (χ0) is 15.5. The number of hydrogen-bond donors (Lipinski definition) is 1. The highest BCUT2D eigenvalue weighted by Crippen LogP contribution is 2.28. The van der Waals surface area contributed by atoms with Crippen LogP contribution in [0.25, 0.3) is 11.5 Å². The molecular weight excluding hydrogens is 322 g/mol. The molecule has 1 N–H and O–H groups in total. The van der Waals surface area contributed by atoms with Gasteiger partial charge in [0.1, 0.15) is 6.26 Å². The third kappa shape index (κ3) is 4.59. The van der Waals surface area contributed by atoms with Crippen LogP contribution in [0.1, 0.15) is 31.4 Å². The minimum atomic E-state index is 0. The third-order valence-corrected chi connectivity index (χ3v) is 4.94. The normalized spacial score (nSPS) is 19.2. The van der Waals surface area contributed by atoms with Crippen LogP contribution in [0, 0.1) is 5.92 Å². The molecule has 2 heterocycles. The second-order valence-electron chi connectivity index (χ2n) is 6.91. The molecule has 24 heavy (non-hydrogen) atoms. The highest BCUT2D eigenvalue weighted by atomic mass is 35.5. The van der Waals surface area contributed by atoms with Crippen molar-refractivity contribution in [2.24, 2.45) is 5.92 Å². The van der Waals surface area contributed by atoms with Crippen LogP contribution < -0.4 is 5.32 Å². The molecule has 1 aliphatic heterocycles. The summed E-state index contributed by atoms with van der Waals surface area (Å²) in [5.74, 6) is 1.70. The lowest BCUT2D eigenvalue weighted by Gasteiger charge is -2.31. The number of hydrogen-bond acceptors (Lipinski definition) is 4. The number of aromatic nitrogens is 1. The van der Waals surface area contributed by atoms with E-state index in [2.05, 4.69) is 15.2 Å². The molecule has 4 nitrogen and oxygen atoms in total. The van der Waals surface area contributed by atoms with Crippen LogP contribution in [-0.4, -0.2) is 35.6 Å². The third-order valence-electron chi connectivity index (χ3n) is 4.94. The fourth-order valence-corrected chi connectivity index (χ4v) is 3.27. The van der Waals surface area contributed by atoms with E-state index in [4.69, 9.17) is 4.42 Å². The Bertz CT molecular complexity index is 619. The zero-order valence-corrected chi connectivity index (χ0v) is 14.8. The number of likely N-dealkylation sites (tertiary alicyclic amines) is 1. The Kier molecular flexibility index (Phi) is 5.93. The number of piperidine rings is 1. The van der Waals surface area contributed by atoms with Crippen molar-refractivity contribution in [2.45, 2.75) is 38.3 Å². The Morgan fingerprint density at radius 2 is 1.83 bits per heavy atom. The number of nitrogens with zero attached hydrogens (tertiary/aromatic N) is 2. The maximum Gasteiger partial charge on any atom is 0.226 e. The average molecular weight is 348 g/mol. The summed E-state index contributed by atoms with van der Waals surface area (Å²) in [5, 5.41) is 3.73. The highest BCUT2D eigenvalue weighted by molar-refractivity contribution is 5.85. The molecule has 2 aliphatic rings. The summed E-state index contributed by atoms with van der Waals surface area (Å²) in [5.41, 5.74) is 2.08. The van der Waals surface area contributed by atoms with Crippen LogP contribution in [0.4, 0.5) is 0 Å². The van der Waals surface area contributed by atoms with E-state index in [1.165, 1.54) is 32.2 Å². The van der Waals surface area contributed by atoms with Crippen LogP contribution in [0.3, 0.4) is 0 Å². The molecule has 0 unspecified atom stereocenters. The van der Waals surface area contributed by atoms with E-state index in [9.17, 15) is 0 Å². The van der Waals surface area contributed by atoms with E-state index >= 15 is 0 Å². The summed E-state index contributed by atoms with van der Waals surface area (Å²) < 4.78 is 5.64. The highest BCUT2D eigenvalue weighted by Gasteiger charge is 2.24.